The molecular weight excluding hydrogens is 540 g/mol. The van der Waals surface area contributed by atoms with Gasteiger partial charge in [0.2, 0.25) is 0 Å². The molecule has 1 aliphatic heterocycles. The monoisotopic (exact) mass is 576 g/mol. The van der Waals surface area contributed by atoms with Gasteiger partial charge in [0.15, 0.2) is 0 Å². The minimum Gasteiger partial charge on any atom is -0.490 e. The third-order valence-electron chi connectivity index (χ3n) is 5.32. The number of piperidine rings is 1. The summed E-state index contributed by atoms with van der Waals surface area (Å²) in [5, 5.41) is 2.57. The van der Waals surface area contributed by atoms with Gasteiger partial charge in [-0.15, -0.1) is 11.8 Å². The van der Waals surface area contributed by atoms with Gasteiger partial charge < -0.3 is 21.4 Å². The Balaban J connectivity index is 0.000000291. The van der Waals surface area contributed by atoms with Crippen LogP contribution in [0, 0.1) is 6.42 Å². The number of rotatable bonds is 10. The van der Waals surface area contributed by atoms with E-state index in [9.17, 15) is 4.79 Å². The van der Waals surface area contributed by atoms with Crippen molar-refractivity contribution in [2.24, 2.45) is 0 Å². The number of benzene rings is 2. The molecule has 162 valence electrons. The summed E-state index contributed by atoms with van der Waals surface area (Å²) in [4.78, 5) is 12.9. The van der Waals surface area contributed by atoms with Gasteiger partial charge >= 0.3 is 21.1 Å². The fourth-order valence-corrected chi connectivity index (χ4v) is 3.66. The molecule has 0 atom stereocenters. The molecule has 2 aromatic rings. The maximum Gasteiger partial charge on any atom is 2.00 e. The first-order valence-corrected chi connectivity index (χ1v) is 11.2. The molecule has 30 heavy (non-hydrogen) atoms. The largest absolute Gasteiger partial charge is 2.00 e. The molecule has 1 amide bonds. The van der Waals surface area contributed by atoms with E-state index in [2.05, 4.69) is 23.6 Å². The van der Waals surface area contributed by atoms with Gasteiger partial charge in [0.1, 0.15) is 0 Å². The molecule has 0 saturated carbocycles. The van der Waals surface area contributed by atoms with Crippen LogP contribution < -0.4 is 5.32 Å². The van der Waals surface area contributed by atoms with E-state index in [4.69, 9.17) is 0 Å². The zero-order chi connectivity index (χ0) is 20.6. The first-order chi connectivity index (χ1) is 14.3. The third-order valence-corrected chi connectivity index (χ3v) is 5.32. The van der Waals surface area contributed by atoms with Crippen molar-refractivity contribution in [3.8, 4) is 11.1 Å². The van der Waals surface area contributed by atoms with E-state index in [0.29, 0.717) is 0 Å². The normalized spacial score (nSPS) is 13.5. The van der Waals surface area contributed by atoms with Crippen molar-refractivity contribution in [3.63, 3.8) is 0 Å². The predicted molar refractivity (Wildman–Crippen MR) is 125 cm³/mol. The Kier molecular flexibility index (Phi) is 15.3. The van der Waals surface area contributed by atoms with E-state index in [1.165, 1.54) is 71.0 Å². The molecule has 0 aliphatic carbocycles. The Morgan fingerprint density at radius 3 is 2.23 bits per heavy atom. The van der Waals surface area contributed by atoms with E-state index in [0.717, 1.165) is 16.8 Å². The Hall–Kier alpha value is -1.44. The fraction of sp³-hybridized carbons (Fsp3) is 0.462. The van der Waals surface area contributed by atoms with Gasteiger partial charge in [-0.1, -0.05) is 93.1 Å². The predicted octanol–water partition coefficient (Wildman–Crippen LogP) is 6.48. The van der Waals surface area contributed by atoms with Crippen LogP contribution in [0.2, 0.25) is 0 Å². The first-order valence-electron chi connectivity index (χ1n) is 11.2. The minimum absolute atomic E-state index is 0. The summed E-state index contributed by atoms with van der Waals surface area (Å²) in [6.45, 7) is 6.26. The second-order valence-electron chi connectivity index (χ2n) is 7.61. The zero-order valence-electron chi connectivity index (χ0n) is 18.3. The summed E-state index contributed by atoms with van der Waals surface area (Å²) in [5.41, 5.74) is 2.86. The smallest absolute Gasteiger partial charge is 0.490 e. The maximum atomic E-state index is 10.3. The van der Waals surface area contributed by atoms with Crippen LogP contribution in [0.15, 0.2) is 54.6 Å². The summed E-state index contributed by atoms with van der Waals surface area (Å²) >= 11 is 0. The molecule has 1 aliphatic rings. The van der Waals surface area contributed by atoms with Crippen molar-refractivity contribution in [1.29, 1.82) is 0 Å². The SMILES string of the molecule is CCCCCCCCN1CC[CH-]CC1.O=[C-]Nc1ccccc1-c1ccccc1.[W+2]. The van der Waals surface area contributed by atoms with Crippen LogP contribution >= 0.6 is 0 Å². The van der Waals surface area contributed by atoms with Crippen LogP contribution in [-0.4, -0.2) is 30.9 Å². The molecular formula is C26H36N2OW. The summed E-state index contributed by atoms with van der Waals surface area (Å²) < 4.78 is 0. The second kappa shape index (κ2) is 17.3. The standard InChI is InChI=1S/C13H10NO.C13H26N.W/c15-10-14-13-9-5-4-8-12(13)11-6-2-1-3-7-11;1-2-3-4-5-6-8-11-14-12-9-7-10-13-14;/h1-9H,(H,14,15);7H,2-6,8-13H2,1H3;/q2*-1;+2. The van der Waals surface area contributed by atoms with Crippen LogP contribution in [0.5, 0.6) is 0 Å². The second-order valence-corrected chi connectivity index (χ2v) is 7.61. The van der Waals surface area contributed by atoms with Crippen molar-refractivity contribution in [1.82, 2.24) is 4.90 Å². The number of hydrogen-bond donors (Lipinski definition) is 1. The van der Waals surface area contributed by atoms with E-state index in [1.54, 1.807) is 6.41 Å². The number of nitrogens with one attached hydrogen (secondary N) is 1. The number of anilines is 1. The summed E-state index contributed by atoms with van der Waals surface area (Å²) in [7, 11) is 0. The number of hydrogen-bond acceptors (Lipinski definition) is 2. The van der Waals surface area contributed by atoms with Crippen molar-refractivity contribution >= 4 is 12.1 Å². The number of amides is 1. The number of likely N-dealkylation sites (tertiary alicyclic amines) is 1. The Morgan fingerprint density at radius 1 is 0.900 bits per heavy atom. The molecule has 1 N–H and O–H groups in total. The van der Waals surface area contributed by atoms with Crippen LogP contribution in [-0.2, 0) is 25.9 Å². The molecule has 1 fully saturated rings. The van der Waals surface area contributed by atoms with Crippen LogP contribution in [0.3, 0.4) is 0 Å². The molecule has 2 aromatic carbocycles. The van der Waals surface area contributed by atoms with Crippen LogP contribution in [0.4, 0.5) is 5.69 Å². The zero-order valence-corrected chi connectivity index (χ0v) is 21.2. The first kappa shape index (κ1) is 26.6. The third kappa shape index (κ3) is 10.5. The fourth-order valence-electron chi connectivity index (χ4n) is 3.66. The molecule has 0 aromatic heterocycles. The molecule has 3 rings (SSSR count). The Bertz CT molecular complexity index is 672. The number of para-hydroxylation sites is 1. The van der Waals surface area contributed by atoms with E-state index in [1.807, 2.05) is 54.6 Å². The molecule has 1 heterocycles. The molecule has 4 heteroatoms. The minimum atomic E-state index is 0. The quantitative estimate of drug-likeness (QED) is 0.200. The molecule has 0 bridgehead atoms. The summed E-state index contributed by atoms with van der Waals surface area (Å²) in [6, 6.07) is 17.6. The van der Waals surface area contributed by atoms with Gasteiger partial charge in [-0.2, -0.15) is 12.8 Å². The number of unbranched alkanes of at least 4 members (excludes halogenated alkanes) is 5. The maximum absolute atomic E-state index is 10.3. The number of nitrogens with zero attached hydrogens (tertiary/aromatic N) is 1. The summed E-state index contributed by atoms with van der Waals surface area (Å²) in [6.07, 6.45) is 15.3. The van der Waals surface area contributed by atoms with E-state index < -0.39 is 0 Å². The van der Waals surface area contributed by atoms with Crippen molar-refractivity contribution < 1.29 is 25.9 Å². The van der Waals surface area contributed by atoms with Crippen LogP contribution in [0.1, 0.15) is 58.3 Å². The molecule has 3 nitrogen and oxygen atoms in total. The van der Waals surface area contributed by atoms with Gasteiger partial charge in [0, 0.05) is 0 Å². The molecule has 0 spiro atoms. The van der Waals surface area contributed by atoms with Gasteiger partial charge in [0.05, 0.1) is 6.41 Å². The van der Waals surface area contributed by atoms with Gasteiger partial charge in [-0.3, -0.25) is 0 Å². The van der Waals surface area contributed by atoms with Crippen molar-refractivity contribution in [2.45, 2.75) is 58.3 Å². The van der Waals surface area contributed by atoms with E-state index in [-0.39, 0.29) is 21.1 Å². The average Bonchev–Trinajstić information content (AvgIpc) is 2.79. The molecule has 0 unspecified atom stereocenters. The topological polar surface area (TPSA) is 32.3 Å². The van der Waals surface area contributed by atoms with Crippen molar-refractivity contribution in [3.05, 3.63) is 61.0 Å². The summed E-state index contributed by atoms with van der Waals surface area (Å²) in [5.74, 6) is 0. The molecule has 0 radical (unpaired) electrons. The van der Waals surface area contributed by atoms with Crippen molar-refractivity contribution in [2.75, 3.05) is 25.0 Å². The average molecular weight is 576 g/mol. The Labute approximate surface area is 197 Å². The van der Waals surface area contributed by atoms with Gasteiger partial charge in [-0.05, 0) is 31.6 Å². The Morgan fingerprint density at radius 2 is 1.53 bits per heavy atom. The van der Waals surface area contributed by atoms with Gasteiger partial charge in [-0.25, -0.2) is 0 Å². The van der Waals surface area contributed by atoms with Crippen LogP contribution in [0.25, 0.3) is 11.1 Å². The molecule has 1 saturated heterocycles. The van der Waals surface area contributed by atoms with Gasteiger partial charge in [0.25, 0.3) is 0 Å². The number of carbonyl (C=O) groups excluding carboxylic acids is 1. The van der Waals surface area contributed by atoms with E-state index >= 15 is 0 Å².